The van der Waals surface area contributed by atoms with Crippen molar-refractivity contribution >= 4 is 10.0 Å². The van der Waals surface area contributed by atoms with Gasteiger partial charge in [-0.3, -0.25) is 0 Å². The number of hydrogen-bond acceptors (Lipinski definition) is 3. The highest BCUT2D eigenvalue weighted by Crippen LogP contribution is 2.35. The molecule has 9 heteroatoms. The van der Waals surface area contributed by atoms with E-state index >= 15 is 0 Å². The highest BCUT2D eigenvalue weighted by atomic mass is 32.2. The lowest BCUT2D eigenvalue weighted by Gasteiger charge is -2.37. The van der Waals surface area contributed by atoms with Gasteiger partial charge in [-0.25, -0.2) is 17.5 Å². The maximum atomic E-state index is 13.3. The highest BCUT2D eigenvalue weighted by Gasteiger charge is 2.36. The van der Waals surface area contributed by atoms with Crippen LogP contribution in [0.1, 0.15) is 24.0 Å². The van der Waals surface area contributed by atoms with E-state index in [2.05, 4.69) is 4.72 Å². The summed E-state index contributed by atoms with van der Waals surface area (Å²) in [5, 5.41) is 0. The first-order valence-corrected chi connectivity index (χ1v) is 10.1. The van der Waals surface area contributed by atoms with Gasteiger partial charge in [0.25, 0.3) is 0 Å². The number of sulfonamides is 1. The van der Waals surface area contributed by atoms with Crippen molar-refractivity contribution in [2.75, 3.05) is 19.8 Å². The van der Waals surface area contributed by atoms with E-state index in [-0.39, 0.29) is 11.4 Å². The monoisotopic (exact) mass is 417 g/mol. The summed E-state index contributed by atoms with van der Waals surface area (Å²) in [6.07, 6.45) is -3.47. The van der Waals surface area contributed by atoms with Crippen molar-refractivity contribution in [2.45, 2.75) is 29.3 Å². The predicted octanol–water partition coefficient (Wildman–Crippen LogP) is 3.87. The Morgan fingerprint density at radius 3 is 2.07 bits per heavy atom. The quantitative estimate of drug-likeness (QED) is 0.752. The van der Waals surface area contributed by atoms with Crippen LogP contribution in [0.2, 0.25) is 0 Å². The lowest BCUT2D eigenvalue weighted by atomic mass is 9.74. The molecule has 1 aliphatic rings. The molecule has 1 aliphatic heterocycles. The molecule has 1 N–H and O–H groups in total. The second kappa shape index (κ2) is 7.81. The molecule has 0 aromatic heterocycles. The van der Waals surface area contributed by atoms with E-state index in [1.807, 2.05) is 0 Å². The van der Waals surface area contributed by atoms with Gasteiger partial charge >= 0.3 is 6.18 Å². The normalized spacial score (nSPS) is 17.4. The number of benzene rings is 2. The van der Waals surface area contributed by atoms with Gasteiger partial charge in [0.15, 0.2) is 0 Å². The molecule has 0 radical (unpaired) electrons. The number of rotatable bonds is 5. The molecular formula is C19H19F4NO3S. The standard InChI is InChI=1S/C19H19F4NO3S/c20-16-5-1-14(2-6-16)18(9-11-27-12-10-18)13-24-28(25,26)17-7-3-15(4-8-17)19(21,22)23/h1-8,24H,9-13H2. The van der Waals surface area contributed by atoms with Gasteiger partial charge < -0.3 is 4.74 Å². The van der Waals surface area contributed by atoms with Crippen molar-refractivity contribution in [3.8, 4) is 0 Å². The number of nitrogens with one attached hydrogen (secondary N) is 1. The maximum absolute atomic E-state index is 13.3. The first kappa shape index (κ1) is 20.8. The smallest absolute Gasteiger partial charge is 0.381 e. The average molecular weight is 417 g/mol. The van der Waals surface area contributed by atoms with Crippen LogP contribution >= 0.6 is 0 Å². The summed E-state index contributed by atoms with van der Waals surface area (Å²) >= 11 is 0. The van der Waals surface area contributed by atoms with E-state index < -0.39 is 33.0 Å². The summed E-state index contributed by atoms with van der Waals surface area (Å²) in [7, 11) is -4.01. The van der Waals surface area contributed by atoms with Crippen LogP contribution in [-0.2, 0) is 26.4 Å². The molecule has 3 rings (SSSR count). The number of alkyl halides is 3. The zero-order chi connectivity index (χ0) is 20.4. The van der Waals surface area contributed by atoms with Crippen LogP contribution in [0.3, 0.4) is 0 Å². The zero-order valence-corrected chi connectivity index (χ0v) is 15.6. The predicted molar refractivity (Wildman–Crippen MR) is 94.8 cm³/mol. The van der Waals surface area contributed by atoms with Gasteiger partial charge in [-0.05, 0) is 54.8 Å². The first-order chi connectivity index (χ1) is 13.1. The molecule has 0 aliphatic carbocycles. The molecule has 0 bridgehead atoms. The topological polar surface area (TPSA) is 55.4 Å². The second-order valence-corrected chi connectivity index (χ2v) is 8.51. The van der Waals surface area contributed by atoms with E-state index in [1.165, 1.54) is 12.1 Å². The number of hydrogen-bond donors (Lipinski definition) is 1. The van der Waals surface area contributed by atoms with Crippen LogP contribution in [0, 0.1) is 5.82 Å². The van der Waals surface area contributed by atoms with Crippen molar-refractivity contribution in [1.29, 1.82) is 0 Å². The highest BCUT2D eigenvalue weighted by molar-refractivity contribution is 7.89. The molecule has 28 heavy (non-hydrogen) atoms. The maximum Gasteiger partial charge on any atom is 0.416 e. The van der Waals surface area contributed by atoms with Gasteiger partial charge in [0.2, 0.25) is 10.0 Å². The third-order valence-corrected chi connectivity index (χ3v) is 6.42. The van der Waals surface area contributed by atoms with Crippen LogP contribution in [0.15, 0.2) is 53.4 Å². The number of halogens is 4. The van der Waals surface area contributed by atoms with Crippen molar-refractivity contribution in [3.63, 3.8) is 0 Å². The van der Waals surface area contributed by atoms with Crippen molar-refractivity contribution < 1.29 is 30.7 Å². The second-order valence-electron chi connectivity index (χ2n) is 6.75. The summed E-state index contributed by atoms with van der Waals surface area (Å²) in [6, 6.07) is 9.20. The summed E-state index contributed by atoms with van der Waals surface area (Å²) in [6.45, 7) is 0.893. The molecule has 1 saturated heterocycles. The van der Waals surface area contributed by atoms with Gasteiger partial charge in [0.1, 0.15) is 5.82 Å². The first-order valence-electron chi connectivity index (χ1n) is 8.63. The molecule has 0 atom stereocenters. The molecule has 0 unspecified atom stereocenters. The lowest BCUT2D eigenvalue weighted by molar-refractivity contribution is -0.137. The van der Waals surface area contributed by atoms with Crippen molar-refractivity contribution in [2.24, 2.45) is 0 Å². The van der Waals surface area contributed by atoms with Crippen molar-refractivity contribution in [3.05, 3.63) is 65.5 Å². The Labute approximate surface area is 160 Å². The Balaban J connectivity index is 1.81. The summed E-state index contributed by atoms with van der Waals surface area (Å²) < 4.78 is 84.3. The fourth-order valence-corrected chi connectivity index (χ4v) is 4.40. The van der Waals surface area contributed by atoms with E-state index in [1.54, 1.807) is 12.1 Å². The number of ether oxygens (including phenoxy) is 1. The zero-order valence-electron chi connectivity index (χ0n) is 14.8. The van der Waals surface area contributed by atoms with Gasteiger partial charge in [0, 0.05) is 25.2 Å². The molecule has 1 fully saturated rings. The van der Waals surface area contributed by atoms with Gasteiger partial charge in [-0.2, -0.15) is 13.2 Å². The molecule has 2 aromatic rings. The van der Waals surface area contributed by atoms with Crippen molar-refractivity contribution in [1.82, 2.24) is 4.72 Å². The Hall–Kier alpha value is -1.97. The van der Waals surface area contributed by atoms with Gasteiger partial charge in [0.05, 0.1) is 10.5 Å². The Bertz CT molecular complexity index is 904. The minimum atomic E-state index is -4.54. The van der Waals surface area contributed by atoms with Crippen LogP contribution < -0.4 is 4.72 Å². The molecule has 0 saturated carbocycles. The van der Waals surface area contributed by atoms with Gasteiger partial charge in [-0.1, -0.05) is 12.1 Å². The molecule has 0 spiro atoms. The van der Waals surface area contributed by atoms with Gasteiger partial charge in [-0.15, -0.1) is 0 Å². The van der Waals surface area contributed by atoms with E-state index in [9.17, 15) is 26.0 Å². The molecule has 4 nitrogen and oxygen atoms in total. The summed E-state index contributed by atoms with van der Waals surface area (Å²) in [5.41, 5.74) is -0.712. The summed E-state index contributed by atoms with van der Waals surface area (Å²) in [5.74, 6) is -0.392. The minimum Gasteiger partial charge on any atom is -0.381 e. The van der Waals surface area contributed by atoms with E-state index in [0.717, 1.165) is 29.8 Å². The molecule has 0 amide bonds. The molecule has 2 aromatic carbocycles. The Morgan fingerprint density at radius 2 is 1.54 bits per heavy atom. The van der Waals surface area contributed by atoms with Crippen LogP contribution in [0.5, 0.6) is 0 Å². The SMILES string of the molecule is O=S(=O)(NCC1(c2ccc(F)cc2)CCOCC1)c1ccc(C(F)(F)F)cc1. The fourth-order valence-electron chi connectivity index (χ4n) is 3.27. The minimum absolute atomic E-state index is 0.0331. The van der Waals surface area contributed by atoms with Crippen LogP contribution in [0.4, 0.5) is 17.6 Å². The van der Waals surface area contributed by atoms with E-state index in [0.29, 0.717) is 26.1 Å². The third kappa shape index (κ3) is 4.53. The van der Waals surface area contributed by atoms with E-state index in [4.69, 9.17) is 4.74 Å². The molecule has 152 valence electrons. The largest absolute Gasteiger partial charge is 0.416 e. The third-order valence-electron chi connectivity index (χ3n) is 5.00. The molecule has 1 heterocycles. The molecular weight excluding hydrogens is 398 g/mol. The fraction of sp³-hybridized carbons (Fsp3) is 0.368. The Kier molecular flexibility index (Phi) is 5.79. The lowest BCUT2D eigenvalue weighted by Crippen LogP contribution is -2.44. The van der Waals surface area contributed by atoms with Crippen LogP contribution in [0.25, 0.3) is 0 Å². The van der Waals surface area contributed by atoms with Crippen LogP contribution in [-0.4, -0.2) is 28.2 Å². The Morgan fingerprint density at radius 1 is 0.964 bits per heavy atom. The average Bonchev–Trinajstić information content (AvgIpc) is 2.67. The summed E-state index contributed by atoms with van der Waals surface area (Å²) in [4.78, 5) is -0.248.